The summed E-state index contributed by atoms with van der Waals surface area (Å²) in [5.74, 6) is 0.299. The summed E-state index contributed by atoms with van der Waals surface area (Å²) in [5.41, 5.74) is 1.99. The van der Waals surface area contributed by atoms with E-state index < -0.39 is 0 Å². The maximum absolute atomic E-state index is 12.1. The van der Waals surface area contributed by atoms with Crippen LogP contribution < -0.4 is 10.6 Å². The average Bonchev–Trinajstić information content (AvgIpc) is 2.98. The van der Waals surface area contributed by atoms with Crippen LogP contribution in [0.2, 0.25) is 0 Å². The number of aryl methyl sites for hydroxylation is 1. The number of furan rings is 1. The first-order valence-corrected chi connectivity index (χ1v) is 7.73. The molecule has 0 aliphatic rings. The Morgan fingerprint density at radius 3 is 2.65 bits per heavy atom. The molecule has 0 radical (unpaired) electrons. The molecule has 1 atom stereocenters. The van der Waals surface area contributed by atoms with Crippen LogP contribution in [0.1, 0.15) is 52.3 Å². The van der Waals surface area contributed by atoms with E-state index in [0.717, 1.165) is 12.0 Å². The summed E-state index contributed by atoms with van der Waals surface area (Å²) in [4.78, 5) is 24.2. The van der Waals surface area contributed by atoms with Crippen molar-refractivity contribution >= 4 is 11.8 Å². The predicted octanol–water partition coefficient (Wildman–Crippen LogP) is 3.05. The first kappa shape index (κ1) is 16.8. The molecule has 2 N–H and O–H groups in total. The molecule has 2 rings (SSSR count). The third kappa shape index (κ3) is 4.45. The van der Waals surface area contributed by atoms with E-state index >= 15 is 0 Å². The van der Waals surface area contributed by atoms with Gasteiger partial charge >= 0.3 is 0 Å². The number of rotatable bonds is 6. The number of hydrogen-bond donors (Lipinski definition) is 2. The van der Waals surface area contributed by atoms with Crippen LogP contribution in [-0.2, 0) is 6.54 Å². The molecule has 1 heterocycles. The van der Waals surface area contributed by atoms with E-state index in [0.29, 0.717) is 23.4 Å². The molecule has 0 spiro atoms. The van der Waals surface area contributed by atoms with E-state index in [2.05, 4.69) is 10.6 Å². The van der Waals surface area contributed by atoms with Crippen molar-refractivity contribution in [2.75, 3.05) is 0 Å². The van der Waals surface area contributed by atoms with Crippen LogP contribution in [0.25, 0.3) is 0 Å². The minimum Gasteiger partial charge on any atom is -0.469 e. The van der Waals surface area contributed by atoms with Gasteiger partial charge in [0.1, 0.15) is 5.76 Å². The van der Waals surface area contributed by atoms with Crippen molar-refractivity contribution in [2.24, 2.45) is 0 Å². The fourth-order valence-electron chi connectivity index (χ4n) is 2.13. The van der Waals surface area contributed by atoms with Gasteiger partial charge in [-0.1, -0.05) is 19.1 Å². The van der Waals surface area contributed by atoms with Crippen LogP contribution in [-0.4, -0.2) is 17.9 Å². The molecule has 0 saturated carbocycles. The largest absolute Gasteiger partial charge is 0.469 e. The van der Waals surface area contributed by atoms with Gasteiger partial charge in [-0.05, 0) is 44.0 Å². The van der Waals surface area contributed by atoms with Gasteiger partial charge in [-0.2, -0.15) is 0 Å². The van der Waals surface area contributed by atoms with Crippen molar-refractivity contribution < 1.29 is 14.0 Å². The van der Waals surface area contributed by atoms with Gasteiger partial charge in [0.25, 0.3) is 11.8 Å². The fraction of sp³-hybridized carbons (Fsp3) is 0.333. The summed E-state index contributed by atoms with van der Waals surface area (Å²) < 4.78 is 5.12. The molecule has 5 nitrogen and oxygen atoms in total. The number of hydrogen-bond acceptors (Lipinski definition) is 3. The van der Waals surface area contributed by atoms with Gasteiger partial charge in [-0.3, -0.25) is 9.59 Å². The molecule has 0 aliphatic heterocycles. The lowest BCUT2D eigenvalue weighted by Crippen LogP contribution is -2.32. The summed E-state index contributed by atoms with van der Waals surface area (Å²) in [6.07, 6.45) is 2.37. The normalized spacial score (nSPS) is 11.8. The van der Waals surface area contributed by atoms with Gasteiger partial charge in [-0.25, -0.2) is 0 Å². The van der Waals surface area contributed by atoms with Crippen LogP contribution in [0, 0.1) is 6.92 Å². The van der Waals surface area contributed by atoms with Crippen LogP contribution in [0.15, 0.2) is 41.0 Å². The maximum atomic E-state index is 12.1. The Labute approximate surface area is 136 Å². The Kier molecular flexibility index (Phi) is 5.57. The lowest BCUT2D eigenvalue weighted by molar-refractivity contribution is 0.0936. The van der Waals surface area contributed by atoms with Crippen LogP contribution >= 0.6 is 0 Å². The van der Waals surface area contributed by atoms with Gasteiger partial charge in [-0.15, -0.1) is 0 Å². The van der Waals surface area contributed by atoms with E-state index in [1.54, 1.807) is 25.1 Å². The lowest BCUT2D eigenvalue weighted by atomic mass is 10.1. The molecule has 0 saturated heterocycles. The molecular formula is C18H22N2O3. The van der Waals surface area contributed by atoms with Gasteiger partial charge in [0.05, 0.1) is 11.8 Å². The molecule has 122 valence electrons. The highest BCUT2D eigenvalue weighted by Gasteiger charge is 2.12. The van der Waals surface area contributed by atoms with Crippen molar-refractivity contribution in [3.8, 4) is 0 Å². The molecule has 23 heavy (non-hydrogen) atoms. The van der Waals surface area contributed by atoms with E-state index in [4.69, 9.17) is 4.42 Å². The molecule has 1 aromatic carbocycles. The van der Waals surface area contributed by atoms with Crippen LogP contribution in [0.5, 0.6) is 0 Å². The summed E-state index contributed by atoms with van der Waals surface area (Å²) in [6.45, 7) is 6.09. The van der Waals surface area contributed by atoms with Gasteiger partial charge in [0.2, 0.25) is 0 Å². The highest BCUT2D eigenvalue weighted by Crippen LogP contribution is 2.10. The summed E-state index contributed by atoms with van der Waals surface area (Å²) in [6, 6.07) is 9.03. The SMILES string of the molecule is CCC(C)NC(=O)c1cccc(CNC(=O)c2ccoc2C)c1. The Balaban J connectivity index is 1.99. The van der Waals surface area contributed by atoms with Gasteiger partial charge < -0.3 is 15.1 Å². The zero-order chi connectivity index (χ0) is 16.8. The summed E-state index contributed by atoms with van der Waals surface area (Å²) in [7, 11) is 0. The zero-order valence-electron chi connectivity index (χ0n) is 13.7. The van der Waals surface area contributed by atoms with Crippen molar-refractivity contribution in [1.29, 1.82) is 0 Å². The second-order valence-corrected chi connectivity index (χ2v) is 5.56. The molecule has 0 aliphatic carbocycles. The second kappa shape index (κ2) is 7.63. The molecule has 5 heteroatoms. The van der Waals surface area contributed by atoms with Crippen LogP contribution in [0.4, 0.5) is 0 Å². The first-order valence-electron chi connectivity index (χ1n) is 7.73. The van der Waals surface area contributed by atoms with E-state index in [9.17, 15) is 9.59 Å². The molecule has 0 bridgehead atoms. The molecule has 1 aromatic heterocycles. The lowest BCUT2D eigenvalue weighted by Gasteiger charge is -2.12. The van der Waals surface area contributed by atoms with E-state index in [1.807, 2.05) is 26.0 Å². The standard InChI is InChI=1S/C18H22N2O3/c1-4-12(2)20-17(21)15-7-5-6-14(10-15)11-19-18(22)16-8-9-23-13(16)3/h5-10,12H,4,11H2,1-3H3,(H,19,22)(H,20,21). The Morgan fingerprint density at radius 1 is 1.22 bits per heavy atom. The second-order valence-electron chi connectivity index (χ2n) is 5.56. The topological polar surface area (TPSA) is 71.3 Å². The minimum atomic E-state index is -0.189. The monoisotopic (exact) mass is 314 g/mol. The summed E-state index contributed by atoms with van der Waals surface area (Å²) >= 11 is 0. The van der Waals surface area contributed by atoms with E-state index in [1.165, 1.54) is 6.26 Å². The fourth-order valence-corrected chi connectivity index (χ4v) is 2.13. The Bertz CT molecular complexity index is 691. The van der Waals surface area contributed by atoms with Gasteiger partial charge in [0.15, 0.2) is 0 Å². The highest BCUT2D eigenvalue weighted by atomic mass is 16.3. The van der Waals surface area contributed by atoms with Crippen molar-refractivity contribution in [1.82, 2.24) is 10.6 Å². The number of benzene rings is 1. The zero-order valence-corrected chi connectivity index (χ0v) is 13.7. The molecule has 2 amide bonds. The Hall–Kier alpha value is -2.56. The first-order chi connectivity index (χ1) is 11.0. The summed E-state index contributed by atoms with van der Waals surface area (Å²) in [5, 5.41) is 5.76. The number of carbonyl (C=O) groups excluding carboxylic acids is 2. The molecule has 1 unspecified atom stereocenters. The minimum absolute atomic E-state index is 0.0989. The molecule has 2 aromatic rings. The predicted molar refractivity (Wildman–Crippen MR) is 88.3 cm³/mol. The average molecular weight is 314 g/mol. The highest BCUT2D eigenvalue weighted by molar-refractivity contribution is 5.95. The van der Waals surface area contributed by atoms with Gasteiger partial charge in [0, 0.05) is 18.2 Å². The van der Waals surface area contributed by atoms with Crippen molar-refractivity contribution in [3.63, 3.8) is 0 Å². The quantitative estimate of drug-likeness (QED) is 0.861. The van der Waals surface area contributed by atoms with E-state index in [-0.39, 0.29) is 17.9 Å². The third-order valence-electron chi connectivity index (χ3n) is 3.74. The maximum Gasteiger partial charge on any atom is 0.255 e. The molecular weight excluding hydrogens is 292 g/mol. The third-order valence-corrected chi connectivity index (χ3v) is 3.74. The molecule has 0 fully saturated rings. The number of amides is 2. The number of carbonyl (C=O) groups is 2. The Morgan fingerprint density at radius 2 is 2.00 bits per heavy atom. The smallest absolute Gasteiger partial charge is 0.255 e. The van der Waals surface area contributed by atoms with Crippen LogP contribution in [0.3, 0.4) is 0 Å². The number of nitrogens with one attached hydrogen (secondary N) is 2. The van der Waals surface area contributed by atoms with Crippen molar-refractivity contribution in [3.05, 3.63) is 59.0 Å². The van der Waals surface area contributed by atoms with Crippen molar-refractivity contribution in [2.45, 2.75) is 39.8 Å².